The van der Waals surface area contributed by atoms with E-state index in [4.69, 9.17) is 14.2 Å². The molecule has 0 aliphatic carbocycles. The molecule has 0 radical (unpaired) electrons. The van der Waals surface area contributed by atoms with Gasteiger partial charge in [0, 0.05) is 19.1 Å². The van der Waals surface area contributed by atoms with Crippen LogP contribution in [-0.4, -0.2) is 74.8 Å². The Kier molecular flexibility index (Phi) is 39.3. The van der Waals surface area contributed by atoms with Crippen LogP contribution in [0, 0.1) is 23.2 Å². The average molecular weight is 729 g/mol. The first-order valence-electron chi connectivity index (χ1n) is 22.6. The van der Waals surface area contributed by atoms with Gasteiger partial charge in [-0.15, -0.1) is 0 Å². The minimum absolute atomic E-state index is 0.0752. The molecule has 0 bridgehead atoms. The van der Waals surface area contributed by atoms with Crippen molar-refractivity contribution in [2.45, 2.75) is 207 Å². The topological polar surface area (TPSA) is 88.4 Å². The zero-order chi connectivity index (χ0) is 37.5. The van der Waals surface area contributed by atoms with E-state index >= 15 is 0 Å². The zero-order valence-corrected chi connectivity index (χ0v) is 35.0. The smallest absolute Gasteiger partial charge is 0.0629 e. The fraction of sp³-hybridized carbons (Fsp3) is 1.00. The summed E-state index contributed by atoms with van der Waals surface area (Å²) in [5.74, 6) is 1.29. The van der Waals surface area contributed by atoms with Gasteiger partial charge in [0.25, 0.3) is 0 Å². The van der Waals surface area contributed by atoms with Gasteiger partial charge >= 0.3 is 0 Å². The molecule has 308 valence electrons. The van der Waals surface area contributed by atoms with E-state index in [9.17, 15) is 15.3 Å². The maximum Gasteiger partial charge on any atom is 0.0629 e. The van der Waals surface area contributed by atoms with Gasteiger partial charge in [-0.1, -0.05) is 182 Å². The first-order chi connectivity index (χ1) is 25.0. The van der Waals surface area contributed by atoms with Crippen molar-refractivity contribution in [3.63, 3.8) is 0 Å². The van der Waals surface area contributed by atoms with Gasteiger partial charge < -0.3 is 29.5 Å². The molecule has 0 saturated heterocycles. The highest BCUT2D eigenvalue weighted by Crippen LogP contribution is 2.23. The van der Waals surface area contributed by atoms with E-state index in [0.717, 1.165) is 13.2 Å². The summed E-state index contributed by atoms with van der Waals surface area (Å²) in [4.78, 5) is 0. The SMILES string of the molecule is CCCCCCCCC(CCCCCCCC)COCC(COCC(CCCCCCCC)CCCCCCCC)COCC(CO)(CO)CO. The summed E-state index contributed by atoms with van der Waals surface area (Å²) in [6.07, 6.45) is 37.0. The van der Waals surface area contributed by atoms with Gasteiger partial charge in [0.05, 0.1) is 51.7 Å². The van der Waals surface area contributed by atoms with Crippen LogP contribution in [0.1, 0.15) is 207 Å². The van der Waals surface area contributed by atoms with Gasteiger partial charge in [-0.05, 0) is 37.5 Å². The number of aliphatic hydroxyl groups is 3. The van der Waals surface area contributed by atoms with Crippen molar-refractivity contribution in [2.75, 3.05) is 59.5 Å². The number of ether oxygens (including phenoxy) is 3. The third-order valence-electron chi connectivity index (χ3n) is 11.0. The standard InChI is InChI=1S/C45H92O6/c1-5-9-13-17-21-25-29-42(30-26-22-18-14-10-6-2)33-49-35-44(37-51-41-45(38-46,39-47)40-48)36-50-34-43(31-27-23-19-15-11-7-3)32-28-24-20-16-12-8-4/h42-44,46-48H,5-41H2,1-4H3. The second kappa shape index (κ2) is 39.5. The van der Waals surface area contributed by atoms with E-state index in [2.05, 4.69) is 27.7 Å². The van der Waals surface area contributed by atoms with Gasteiger partial charge in [0.2, 0.25) is 0 Å². The minimum Gasteiger partial charge on any atom is -0.396 e. The average Bonchev–Trinajstić information content (AvgIpc) is 3.15. The summed E-state index contributed by atoms with van der Waals surface area (Å²) >= 11 is 0. The molecular formula is C45H92O6. The molecule has 6 heteroatoms. The number of rotatable bonds is 43. The van der Waals surface area contributed by atoms with Gasteiger partial charge in [0.1, 0.15) is 0 Å². The highest BCUT2D eigenvalue weighted by atomic mass is 16.5. The summed E-state index contributed by atoms with van der Waals surface area (Å²) in [5.41, 5.74) is -1.02. The second-order valence-electron chi connectivity index (χ2n) is 16.4. The van der Waals surface area contributed by atoms with E-state index in [0.29, 0.717) is 31.7 Å². The van der Waals surface area contributed by atoms with Gasteiger partial charge in [-0.25, -0.2) is 0 Å². The highest BCUT2D eigenvalue weighted by Gasteiger charge is 2.29. The molecule has 0 amide bonds. The Balaban J connectivity index is 5.21. The Morgan fingerprint density at radius 1 is 0.333 bits per heavy atom. The molecule has 0 saturated carbocycles. The van der Waals surface area contributed by atoms with E-state index in [1.807, 2.05) is 0 Å². The molecule has 0 aromatic carbocycles. The molecule has 0 aliphatic rings. The monoisotopic (exact) mass is 729 g/mol. The number of unbranched alkanes of at least 4 members (excludes halogenated alkanes) is 20. The highest BCUT2D eigenvalue weighted by molar-refractivity contribution is 4.77. The van der Waals surface area contributed by atoms with Crippen LogP contribution in [-0.2, 0) is 14.2 Å². The van der Waals surface area contributed by atoms with E-state index in [-0.39, 0.29) is 32.3 Å². The van der Waals surface area contributed by atoms with Gasteiger partial charge in [-0.2, -0.15) is 0 Å². The molecule has 3 N–H and O–H groups in total. The molecular weight excluding hydrogens is 636 g/mol. The Morgan fingerprint density at radius 2 is 0.588 bits per heavy atom. The lowest BCUT2D eigenvalue weighted by molar-refractivity contribution is -0.0790. The molecule has 0 aromatic rings. The lowest BCUT2D eigenvalue weighted by Crippen LogP contribution is -2.39. The van der Waals surface area contributed by atoms with Gasteiger partial charge in [0.15, 0.2) is 0 Å². The first-order valence-corrected chi connectivity index (χ1v) is 22.6. The predicted octanol–water partition coefficient (Wildman–Crippen LogP) is 11.9. The Hall–Kier alpha value is -0.240. The summed E-state index contributed by atoms with van der Waals surface area (Å²) in [5, 5.41) is 29.5. The van der Waals surface area contributed by atoms with Crippen LogP contribution in [0.5, 0.6) is 0 Å². The Labute approximate surface area is 319 Å². The van der Waals surface area contributed by atoms with Crippen LogP contribution in [0.25, 0.3) is 0 Å². The summed E-state index contributed by atoms with van der Waals surface area (Å²) in [7, 11) is 0. The van der Waals surface area contributed by atoms with Crippen molar-refractivity contribution in [3.8, 4) is 0 Å². The fourth-order valence-corrected chi connectivity index (χ4v) is 7.15. The van der Waals surface area contributed by atoms with Gasteiger partial charge in [-0.3, -0.25) is 0 Å². The fourth-order valence-electron chi connectivity index (χ4n) is 7.15. The molecule has 0 rings (SSSR count). The molecule has 0 aliphatic heterocycles. The van der Waals surface area contributed by atoms with E-state index in [1.165, 1.54) is 180 Å². The van der Waals surface area contributed by atoms with Crippen LogP contribution < -0.4 is 0 Å². The molecule has 0 unspecified atom stereocenters. The molecule has 0 fully saturated rings. The molecule has 6 nitrogen and oxygen atoms in total. The van der Waals surface area contributed by atoms with Crippen LogP contribution in [0.2, 0.25) is 0 Å². The van der Waals surface area contributed by atoms with Crippen LogP contribution >= 0.6 is 0 Å². The second-order valence-corrected chi connectivity index (χ2v) is 16.4. The van der Waals surface area contributed by atoms with Crippen molar-refractivity contribution >= 4 is 0 Å². The molecule has 0 aromatic heterocycles. The molecule has 0 atom stereocenters. The van der Waals surface area contributed by atoms with Crippen LogP contribution in [0.4, 0.5) is 0 Å². The normalized spacial score (nSPS) is 12.4. The summed E-state index contributed by atoms with van der Waals surface area (Å²) in [6.45, 7) is 11.5. The maximum atomic E-state index is 9.82. The lowest BCUT2D eigenvalue weighted by Gasteiger charge is -2.28. The van der Waals surface area contributed by atoms with Crippen molar-refractivity contribution in [3.05, 3.63) is 0 Å². The zero-order valence-electron chi connectivity index (χ0n) is 35.0. The van der Waals surface area contributed by atoms with Crippen LogP contribution in [0.3, 0.4) is 0 Å². The Bertz CT molecular complexity index is 574. The third-order valence-corrected chi connectivity index (χ3v) is 11.0. The summed E-state index contributed by atoms with van der Waals surface area (Å²) < 4.78 is 19.0. The largest absolute Gasteiger partial charge is 0.396 e. The van der Waals surface area contributed by atoms with Crippen molar-refractivity contribution in [1.29, 1.82) is 0 Å². The lowest BCUT2D eigenvalue weighted by atomic mass is 9.92. The Morgan fingerprint density at radius 3 is 0.882 bits per heavy atom. The quantitative estimate of drug-likeness (QED) is 0.0542. The van der Waals surface area contributed by atoms with Crippen LogP contribution in [0.15, 0.2) is 0 Å². The first kappa shape index (κ1) is 50.8. The number of hydrogen-bond acceptors (Lipinski definition) is 6. The number of aliphatic hydroxyl groups excluding tert-OH is 3. The van der Waals surface area contributed by atoms with E-state index in [1.54, 1.807) is 0 Å². The van der Waals surface area contributed by atoms with E-state index < -0.39 is 5.41 Å². The van der Waals surface area contributed by atoms with Crippen molar-refractivity contribution in [2.24, 2.45) is 23.2 Å². The summed E-state index contributed by atoms with van der Waals surface area (Å²) in [6, 6.07) is 0. The van der Waals surface area contributed by atoms with Crippen molar-refractivity contribution in [1.82, 2.24) is 0 Å². The minimum atomic E-state index is -1.02. The maximum absolute atomic E-state index is 9.82. The molecule has 0 heterocycles. The van der Waals surface area contributed by atoms with Crippen molar-refractivity contribution < 1.29 is 29.5 Å². The predicted molar refractivity (Wildman–Crippen MR) is 219 cm³/mol. The number of hydrogen-bond donors (Lipinski definition) is 3. The molecule has 51 heavy (non-hydrogen) atoms. The third kappa shape index (κ3) is 31.8. The molecule has 0 spiro atoms.